The maximum absolute atomic E-state index is 11.2. The van der Waals surface area contributed by atoms with Crippen molar-refractivity contribution < 1.29 is 9.63 Å². The third-order valence-electron chi connectivity index (χ3n) is 1.95. The second kappa shape index (κ2) is 7.53. The Morgan fingerprint density at radius 2 is 2.14 bits per heavy atom. The van der Waals surface area contributed by atoms with Crippen LogP contribution in [0.5, 0.6) is 0 Å². The van der Waals surface area contributed by atoms with Crippen LogP contribution in [0.3, 0.4) is 0 Å². The molecule has 82 valence electrons. The molecule has 1 aliphatic heterocycles. The second-order valence-corrected chi connectivity index (χ2v) is 2.84. The van der Waals surface area contributed by atoms with Crippen molar-refractivity contribution in [3.63, 3.8) is 0 Å². The summed E-state index contributed by atoms with van der Waals surface area (Å²) in [6, 6.07) is 0. The third kappa shape index (κ3) is 3.89. The van der Waals surface area contributed by atoms with E-state index in [0.717, 1.165) is 18.5 Å². The molecule has 4 nitrogen and oxygen atoms in total. The molecule has 1 amide bonds. The molecule has 14 heavy (non-hydrogen) atoms. The highest BCUT2D eigenvalue weighted by atomic mass is 16.6. The first kappa shape index (κ1) is 13.1. The molecule has 2 N–H and O–H groups in total. The molecular weight excluding hydrogens is 180 g/mol. The van der Waals surface area contributed by atoms with Crippen LogP contribution in [0.25, 0.3) is 0 Å². The Labute approximate surface area is 85.7 Å². The highest BCUT2D eigenvalue weighted by molar-refractivity contribution is 5.81. The summed E-state index contributed by atoms with van der Waals surface area (Å²) in [5.74, 6) is 5.02. The Bertz CT molecular complexity index is 177. The number of hydrogen-bond acceptors (Lipinski definition) is 3. The maximum atomic E-state index is 11.2. The summed E-state index contributed by atoms with van der Waals surface area (Å²) in [5.41, 5.74) is 0.914. The fourth-order valence-electron chi connectivity index (χ4n) is 1.29. The van der Waals surface area contributed by atoms with Crippen molar-refractivity contribution >= 4 is 5.91 Å². The molecule has 0 atom stereocenters. The summed E-state index contributed by atoms with van der Waals surface area (Å²) < 4.78 is 0. The SMILES string of the molecule is C=C1CCC(=O)N1CCCON.CC. The minimum Gasteiger partial charge on any atom is -0.317 e. The van der Waals surface area contributed by atoms with Gasteiger partial charge in [0.1, 0.15) is 0 Å². The first-order valence-electron chi connectivity index (χ1n) is 5.05. The number of carbonyl (C=O) groups excluding carboxylic acids is 1. The molecule has 0 saturated carbocycles. The lowest BCUT2D eigenvalue weighted by Gasteiger charge is -2.16. The van der Waals surface area contributed by atoms with Gasteiger partial charge in [0.2, 0.25) is 5.91 Å². The number of carbonyl (C=O) groups is 1. The molecule has 1 saturated heterocycles. The average molecular weight is 200 g/mol. The summed E-state index contributed by atoms with van der Waals surface area (Å²) in [5, 5.41) is 0. The molecular formula is C10H20N2O2. The first-order valence-corrected chi connectivity index (χ1v) is 5.05. The van der Waals surface area contributed by atoms with Gasteiger partial charge in [0.15, 0.2) is 0 Å². The topological polar surface area (TPSA) is 55.6 Å². The zero-order chi connectivity index (χ0) is 11.0. The van der Waals surface area contributed by atoms with Crippen LogP contribution in [0.4, 0.5) is 0 Å². The van der Waals surface area contributed by atoms with Crippen LogP contribution in [0.15, 0.2) is 12.3 Å². The zero-order valence-electron chi connectivity index (χ0n) is 9.08. The molecule has 1 fully saturated rings. The van der Waals surface area contributed by atoms with Crippen molar-refractivity contribution in [2.24, 2.45) is 5.90 Å². The minimum absolute atomic E-state index is 0.164. The number of rotatable bonds is 4. The fourth-order valence-corrected chi connectivity index (χ4v) is 1.29. The third-order valence-corrected chi connectivity index (χ3v) is 1.95. The molecule has 1 heterocycles. The second-order valence-electron chi connectivity index (χ2n) is 2.84. The predicted octanol–water partition coefficient (Wildman–Crippen LogP) is 1.43. The molecule has 0 aromatic carbocycles. The Morgan fingerprint density at radius 3 is 2.57 bits per heavy atom. The Kier molecular flexibility index (Phi) is 7.06. The summed E-state index contributed by atoms with van der Waals surface area (Å²) >= 11 is 0. The standard InChI is InChI=1S/C8H14N2O2.C2H6/c1-7-3-4-8(11)10(7)5-2-6-12-9;1-2/h1-6,9H2;1-2H3. The van der Waals surface area contributed by atoms with E-state index in [1.165, 1.54) is 0 Å². The van der Waals surface area contributed by atoms with E-state index in [0.29, 0.717) is 19.6 Å². The van der Waals surface area contributed by atoms with Crippen molar-refractivity contribution in [3.8, 4) is 0 Å². The molecule has 0 radical (unpaired) electrons. The van der Waals surface area contributed by atoms with E-state index in [-0.39, 0.29) is 5.91 Å². The molecule has 0 spiro atoms. The van der Waals surface area contributed by atoms with Crippen LogP contribution < -0.4 is 5.90 Å². The highest BCUT2D eigenvalue weighted by Crippen LogP contribution is 2.20. The number of amides is 1. The summed E-state index contributed by atoms with van der Waals surface area (Å²) in [6.45, 7) is 8.96. The van der Waals surface area contributed by atoms with E-state index in [1.807, 2.05) is 13.8 Å². The Balaban J connectivity index is 0.000000791. The number of nitrogens with two attached hydrogens (primary N) is 1. The van der Waals surface area contributed by atoms with Crippen molar-refractivity contribution in [2.75, 3.05) is 13.2 Å². The van der Waals surface area contributed by atoms with Crippen LogP contribution in [0.1, 0.15) is 33.1 Å². The van der Waals surface area contributed by atoms with E-state index in [4.69, 9.17) is 5.90 Å². The lowest BCUT2D eigenvalue weighted by atomic mass is 10.3. The van der Waals surface area contributed by atoms with Gasteiger partial charge in [-0.15, -0.1) is 0 Å². The number of hydrogen-bond donors (Lipinski definition) is 1. The van der Waals surface area contributed by atoms with E-state index in [1.54, 1.807) is 4.90 Å². The molecule has 0 bridgehead atoms. The number of nitrogens with zero attached hydrogens (tertiary/aromatic N) is 1. The van der Waals surface area contributed by atoms with Crippen molar-refractivity contribution in [2.45, 2.75) is 33.1 Å². The van der Waals surface area contributed by atoms with Crippen LogP contribution in [-0.2, 0) is 9.63 Å². The molecule has 4 heteroatoms. The van der Waals surface area contributed by atoms with E-state index < -0.39 is 0 Å². The molecule has 1 rings (SSSR count). The van der Waals surface area contributed by atoms with E-state index in [9.17, 15) is 4.79 Å². The Hall–Kier alpha value is -0.870. The van der Waals surface area contributed by atoms with Crippen molar-refractivity contribution in [1.82, 2.24) is 4.90 Å². The van der Waals surface area contributed by atoms with Crippen molar-refractivity contribution in [1.29, 1.82) is 0 Å². The van der Waals surface area contributed by atoms with Gasteiger partial charge in [-0.05, 0) is 12.8 Å². The van der Waals surface area contributed by atoms with Gasteiger partial charge in [-0.25, -0.2) is 5.90 Å². The van der Waals surface area contributed by atoms with E-state index in [2.05, 4.69) is 11.4 Å². The Morgan fingerprint density at radius 1 is 1.50 bits per heavy atom. The van der Waals surface area contributed by atoms with Gasteiger partial charge >= 0.3 is 0 Å². The van der Waals surface area contributed by atoms with Gasteiger partial charge in [0, 0.05) is 18.7 Å². The molecule has 1 aliphatic rings. The fraction of sp³-hybridized carbons (Fsp3) is 0.700. The summed E-state index contributed by atoms with van der Waals surface area (Å²) in [6.07, 6.45) is 2.16. The number of allylic oxidation sites excluding steroid dienone is 1. The zero-order valence-corrected chi connectivity index (χ0v) is 9.08. The van der Waals surface area contributed by atoms with Gasteiger partial charge < -0.3 is 9.74 Å². The monoisotopic (exact) mass is 200 g/mol. The molecule has 0 unspecified atom stereocenters. The largest absolute Gasteiger partial charge is 0.317 e. The molecule has 0 aromatic rings. The van der Waals surface area contributed by atoms with Crippen LogP contribution in [0, 0.1) is 0 Å². The van der Waals surface area contributed by atoms with Gasteiger partial charge in [-0.1, -0.05) is 20.4 Å². The maximum Gasteiger partial charge on any atom is 0.227 e. The summed E-state index contributed by atoms with van der Waals surface area (Å²) in [4.78, 5) is 17.3. The highest BCUT2D eigenvalue weighted by Gasteiger charge is 2.22. The predicted molar refractivity (Wildman–Crippen MR) is 56.2 cm³/mol. The quantitative estimate of drug-likeness (QED) is 0.551. The number of likely N-dealkylation sites (tertiary alicyclic amines) is 1. The lowest BCUT2D eigenvalue weighted by molar-refractivity contribution is -0.126. The van der Waals surface area contributed by atoms with Crippen LogP contribution >= 0.6 is 0 Å². The van der Waals surface area contributed by atoms with Crippen LogP contribution in [-0.4, -0.2) is 24.0 Å². The average Bonchev–Trinajstić information content (AvgIpc) is 2.52. The summed E-state index contributed by atoms with van der Waals surface area (Å²) in [7, 11) is 0. The smallest absolute Gasteiger partial charge is 0.227 e. The van der Waals surface area contributed by atoms with E-state index >= 15 is 0 Å². The molecule has 0 aliphatic carbocycles. The lowest BCUT2D eigenvalue weighted by Crippen LogP contribution is -2.25. The molecule has 0 aromatic heterocycles. The normalized spacial score (nSPS) is 15.5. The van der Waals surface area contributed by atoms with Crippen molar-refractivity contribution in [3.05, 3.63) is 12.3 Å². The first-order chi connectivity index (χ1) is 6.75. The van der Waals surface area contributed by atoms with Gasteiger partial charge in [-0.3, -0.25) is 4.79 Å². The van der Waals surface area contributed by atoms with Gasteiger partial charge in [0.05, 0.1) is 6.61 Å². The van der Waals surface area contributed by atoms with Gasteiger partial charge in [0.25, 0.3) is 0 Å². The minimum atomic E-state index is 0.164. The van der Waals surface area contributed by atoms with Gasteiger partial charge in [-0.2, -0.15) is 0 Å². The van der Waals surface area contributed by atoms with Crippen LogP contribution in [0.2, 0.25) is 0 Å².